The van der Waals surface area contributed by atoms with Crippen molar-refractivity contribution in [2.75, 3.05) is 0 Å². The van der Waals surface area contributed by atoms with Crippen LogP contribution < -0.4 is 0 Å². The van der Waals surface area contributed by atoms with E-state index in [2.05, 4.69) is 19.6 Å². The molecule has 0 N–H and O–H groups in total. The molecule has 0 atom stereocenters. The highest BCUT2D eigenvalue weighted by molar-refractivity contribution is 4.55. The van der Waals surface area contributed by atoms with Crippen molar-refractivity contribution < 1.29 is 0 Å². The quantitative estimate of drug-likeness (QED) is 0.240. The maximum Gasteiger partial charge on any atom is -0.0282 e. The summed E-state index contributed by atoms with van der Waals surface area (Å²) in [5.74, 6) is 0. The first-order valence-electron chi connectivity index (χ1n) is 9.41. The minimum Gasteiger partial charge on any atom is -0.0956 e. The first-order chi connectivity index (χ1) is 9.91. The Morgan fingerprint density at radius 1 is 0.500 bits per heavy atom. The van der Waals surface area contributed by atoms with Gasteiger partial charge in [-0.05, 0) is 12.8 Å². The van der Waals surface area contributed by atoms with Gasteiger partial charge < -0.3 is 0 Å². The molecule has 20 heavy (non-hydrogen) atoms. The van der Waals surface area contributed by atoms with Crippen molar-refractivity contribution in [3.8, 4) is 0 Å². The lowest BCUT2D eigenvalue weighted by Gasteiger charge is -2.03. The van der Waals surface area contributed by atoms with Gasteiger partial charge in [-0.25, -0.2) is 0 Å². The van der Waals surface area contributed by atoms with E-state index in [1.54, 1.807) is 0 Å². The Morgan fingerprint density at radius 2 is 0.800 bits per heavy atom. The lowest BCUT2D eigenvalue weighted by molar-refractivity contribution is 0.530. The zero-order valence-corrected chi connectivity index (χ0v) is 14.2. The predicted octanol–water partition coefficient (Wildman–Crippen LogP) is 7.63. The van der Waals surface area contributed by atoms with Crippen molar-refractivity contribution in [3.05, 3.63) is 12.7 Å². The monoisotopic (exact) mass is 279 g/mol. The summed E-state index contributed by atoms with van der Waals surface area (Å²) in [7, 11) is 0. The van der Waals surface area contributed by atoms with Gasteiger partial charge in [0.15, 0.2) is 0 Å². The Morgan fingerprint density at radius 3 is 1.10 bits per heavy atom. The van der Waals surface area contributed by atoms with Crippen LogP contribution in [-0.2, 0) is 0 Å². The van der Waals surface area contributed by atoms with Crippen molar-refractivity contribution in [2.24, 2.45) is 0 Å². The van der Waals surface area contributed by atoms with E-state index >= 15 is 0 Å². The second-order valence-electron chi connectivity index (χ2n) is 6.30. The molecule has 1 radical (unpaired) electrons. The molecular formula is C20H39. The van der Waals surface area contributed by atoms with Gasteiger partial charge in [0, 0.05) is 0 Å². The van der Waals surface area contributed by atoms with E-state index < -0.39 is 0 Å². The summed E-state index contributed by atoms with van der Waals surface area (Å²) < 4.78 is 0. The number of hydrogen-bond donors (Lipinski definition) is 0. The van der Waals surface area contributed by atoms with Gasteiger partial charge >= 0.3 is 0 Å². The van der Waals surface area contributed by atoms with Gasteiger partial charge in [0.1, 0.15) is 0 Å². The highest BCUT2D eigenvalue weighted by Gasteiger charge is 1.94. The van der Waals surface area contributed by atoms with E-state index in [9.17, 15) is 0 Å². The van der Waals surface area contributed by atoms with Crippen LogP contribution in [0.4, 0.5) is 0 Å². The molecule has 0 spiro atoms. The van der Waals surface area contributed by atoms with Crippen molar-refractivity contribution >= 4 is 0 Å². The van der Waals surface area contributed by atoms with E-state index in [0.29, 0.717) is 0 Å². The Balaban J connectivity index is 2.90. The molecule has 0 unspecified atom stereocenters. The summed E-state index contributed by atoms with van der Waals surface area (Å²) in [6, 6.07) is 0. The predicted molar refractivity (Wildman–Crippen MR) is 93.0 cm³/mol. The molecule has 0 aromatic carbocycles. The summed E-state index contributed by atoms with van der Waals surface area (Å²) in [5.41, 5.74) is 0. The average molecular weight is 280 g/mol. The molecule has 0 heteroatoms. The van der Waals surface area contributed by atoms with Crippen LogP contribution in [0, 0.1) is 6.08 Å². The van der Waals surface area contributed by atoms with Gasteiger partial charge in [-0.2, -0.15) is 0 Å². The number of allylic oxidation sites excluding steroid dienone is 1. The van der Waals surface area contributed by atoms with Crippen LogP contribution in [0.15, 0.2) is 6.58 Å². The summed E-state index contributed by atoms with van der Waals surface area (Å²) in [6.45, 7) is 5.93. The third-order valence-corrected chi connectivity index (χ3v) is 4.21. The third-order valence-electron chi connectivity index (χ3n) is 4.21. The number of hydrogen-bond acceptors (Lipinski definition) is 0. The van der Waals surface area contributed by atoms with Crippen LogP contribution >= 0.6 is 0 Å². The SMILES string of the molecule is C=[C]CCCCCCCCCCCCCCCCCC. The summed E-state index contributed by atoms with van der Waals surface area (Å²) in [5, 5.41) is 0. The molecular weight excluding hydrogens is 240 g/mol. The van der Waals surface area contributed by atoms with Gasteiger partial charge in [-0.3, -0.25) is 0 Å². The van der Waals surface area contributed by atoms with Crippen LogP contribution in [0.3, 0.4) is 0 Å². The van der Waals surface area contributed by atoms with Crippen LogP contribution in [0.2, 0.25) is 0 Å². The van der Waals surface area contributed by atoms with Gasteiger partial charge in [-0.1, -0.05) is 116 Å². The second kappa shape index (κ2) is 18.7. The fourth-order valence-corrected chi connectivity index (χ4v) is 2.80. The number of unbranched alkanes of at least 4 members (excludes halogenated alkanes) is 16. The van der Waals surface area contributed by atoms with Gasteiger partial charge in [0.2, 0.25) is 0 Å². The Labute approximate surface area is 129 Å². The summed E-state index contributed by atoms with van der Waals surface area (Å²) in [4.78, 5) is 0. The van der Waals surface area contributed by atoms with E-state index in [4.69, 9.17) is 0 Å². The molecule has 0 heterocycles. The Hall–Kier alpha value is -0.260. The summed E-state index contributed by atoms with van der Waals surface area (Å²) >= 11 is 0. The zero-order valence-electron chi connectivity index (χ0n) is 14.2. The van der Waals surface area contributed by atoms with Crippen LogP contribution in [0.1, 0.15) is 116 Å². The average Bonchev–Trinajstić information content (AvgIpc) is 2.47. The molecule has 0 nitrogen and oxygen atoms in total. The van der Waals surface area contributed by atoms with E-state index in [1.807, 2.05) is 0 Å². The first-order valence-corrected chi connectivity index (χ1v) is 9.41. The number of rotatable bonds is 17. The topological polar surface area (TPSA) is 0 Å². The smallest absolute Gasteiger partial charge is 0.0282 e. The first kappa shape index (κ1) is 19.7. The normalized spacial score (nSPS) is 10.8. The zero-order chi connectivity index (χ0) is 14.7. The van der Waals surface area contributed by atoms with Crippen LogP contribution in [0.25, 0.3) is 0 Å². The van der Waals surface area contributed by atoms with Gasteiger partial charge in [0.05, 0.1) is 0 Å². The molecule has 0 fully saturated rings. The van der Waals surface area contributed by atoms with E-state index in [0.717, 1.165) is 6.42 Å². The lowest BCUT2D eigenvalue weighted by atomic mass is 10.0. The van der Waals surface area contributed by atoms with Crippen LogP contribution in [0.5, 0.6) is 0 Å². The Bertz CT molecular complexity index is 171. The highest BCUT2D eigenvalue weighted by Crippen LogP contribution is 2.13. The van der Waals surface area contributed by atoms with Gasteiger partial charge in [0.25, 0.3) is 0 Å². The largest absolute Gasteiger partial charge is 0.0956 e. The molecule has 0 aromatic heterocycles. The molecule has 0 aliphatic carbocycles. The van der Waals surface area contributed by atoms with E-state index in [1.165, 1.54) is 103 Å². The van der Waals surface area contributed by atoms with Crippen LogP contribution in [-0.4, -0.2) is 0 Å². The molecule has 0 aliphatic rings. The van der Waals surface area contributed by atoms with Crippen molar-refractivity contribution in [1.82, 2.24) is 0 Å². The van der Waals surface area contributed by atoms with Crippen molar-refractivity contribution in [1.29, 1.82) is 0 Å². The van der Waals surface area contributed by atoms with Crippen molar-refractivity contribution in [3.63, 3.8) is 0 Å². The molecule has 0 aliphatic heterocycles. The van der Waals surface area contributed by atoms with Crippen molar-refractivity contribution in [2.45, 2.75) is 116 Å². The molecule has 0 saturated carbocycles. The lowest BCUT2D eigenvalue weighted by Crippen LogP contribution is -1.83. The maximum atomic E-state index is 3.64. The highest BCUT2D eigenvalue weighted by atomic mass is 14.0. The molecule has 0 amide bonds. The van der Waals surface area contributed by atoms with Gasteiger partial charge in [-0.15, -0.1) is 0 Å². The second-order valence-corrected chi connectivity index (χ2v) is 6.30. The maximum absolute atomic E-state index is 3.64. The Kier molecular flexibility index (Phi) is 18.5. The van der Waals surface area contributed by atoms with E-state index in [-0.39, 0.29) is 0 Å². The third kappa shape index (κ3) is 17.7. The minimum absolute atomic E-state index is 1.08. The molecule has 0 bridgehead atoms. The minimum atomic E-state index is 1.08. The molecule has 0 saturated heterocycles. The molecule has 0 aromatic rings. The standard InChI is InChI=1S/C20H39/c1-3-5-7-9-11-13-15-17-19-20-18-16-14-12-10-8-6-4-2/h1,4-20H2,2H3. The summed E-state index contributed by atoms with van der Waals surface area (Å²) in [6.07, 6.45) is 27.1. The fraction of sp³-hybridized carbons (Fsp3) is 0.900. The molecule has 119 valence electrons. The molecule has 0 rings (SSSR count). The fourth-order valence-electron chi connectivity index (χ4n) is 2.80.